The van der Waals surface area contributed by atoms with E-state index in [9.17, 15) is 9.18 Å². The van der Waals surface area contributed by atoms with Gasteiger partial charge in [0.1, 0.15) is 0 Å². The number of unbranched alkanes of at least 4 members (excludes halogenated alkanes) is 4. The molecule has 0 saturated carbocycles. The normalized spacial score (nSPS) is 12.4. The Morgan fingerprint density at radius 3 is 2.12 bits per heavy atom. The Morgan fingerprint density at radius 2 is 1.65 bits per heavy atom. The minimum absolute atomic E-state index is 0.310. The van der Waals surface area contributed by atoms with Crippen molar-refractivity contribution >= 4 is 5.97 Å². The predicted molar refractivity (Wildman–Crippen MR) is 68.9 cm³/mol. The highest BCUT2D eigenvalue weighted by Gasteiger charge is 2.09. The number of hydrogen-bond acceptors (Lipinski definition) is 1. The van der Waals surface area contributed by atoms with E-state index >= 15 is 0 Å². The standard InChI is InChI=1S/C14H25FO2/c1-3-4-5-6-9-13(10-7-8-11-15)12(2)14(16)17/h3-11H2,1-2H3,(H,16,17). The average Bonchev–Trinajstić information content (AvgIpc) is 2.31. The Balaban J connectivity index is 4.21. The van der Waals surface area contributed by atoms with Crippen LogP contribution in [0.3, 0.4) is 0 Å². The van der Waals surface area contributed by atoms with Crippen LogP contribution in [0.5, 0.6) is 0 Å². The number of carboxylic acids is 1. The molecule has 0 atom stereocenters. The van der Waals surface area contributed by atoms with Gasteiger partial charge in [0.05, 0.1) is 6.67 Å². The van der Waals surface area contributed by atoms with E-state index in [4.69, 9.17) is 5.11 Å². The van der Waals surface area contributed by atoms with Crippen molar-refractivity contribution in [1.82, 2.24) is 0 Å². The lowest BCUT2D eigenvalue weighted by atomic mass is 9.97. The molecule has 0 rings (SSSR count). The van der Waals surface area contributed by atoms with Crippen LogP contribution in [-0.2, 0) is 4.79 Å². The number of aliphatic carboxylic acids is 1. The van der Waals surface area contributed by atoms with Gasteiger partial charge in [-0.15, -0.1) is 0 Å². The monoisotopic (exact) mass is 244 g/mol. The van der Waals surface area contributed by atoms with E-state index in [1.165, 1.54) is 12.8 Å². The topological polar surface area (TPSA) is 37.3 Å². The summed E-state index contributed by atoms with van der Waals surface area (Å²) in [4.78, 5) is 10.9. The number of allylic oxidation sites excluding steroid dienone is 1. The third kappa shape index (κ3) is 7.94. The first-order valence-corrected chi connectivity index (χ1v) is 6.61. The first kappa shape index (κ1) is 16.1. The Kier molecular flexibility index (Phi) is 9.78. The fraction of sp³-hybridized carbons (Fsp3) is 0.786. The van der Waals surface area contributed by atoms with Crippen LogP contribution in [0.1, 0.15) is 65.2 Å². The molecule has 0 aliphatic heterocycles. The molecule has 1 N–H and O–H groups in total. The zero-order chi connectivity index (χ0) is 13.1. The van der Waals surface area contributed by atoms with Crippen molar-refractivity contribution in [3.05, 3.63) is 11.1 Å². The van der Waals surface area contributed by atoms with Crippen LogP contribution >= 0.6 is 0 Å². The number of alkyl halides is 1. The molecule has 3 heteroatoms. The van der Waals surface area contributed by atoms with Gasteiger partial charge in [-0.2, -0.15) is 0 Å². The largest absolute Gasteiger partial charge is 0.478 e. The van der Waals surface area contributed by atoms with E-state index in [0.29, 0.717) is 12.0 Å². The Bertz CT molecular complexity index is 247. The zero-order valence-corrected chi connectivity index (χ0v) is 11.1. The van der Waals surface area contributed by atoms with Crippen LogP contribution in [0.4, 0.5) is 4.39 Å². The summed E-state index contributed by atoms with van der Waals surface area (Å²) in [6.07, 6.45) is 7.44. The Hall–Kier alpha value is -0.860. The van der Waals surface area contributed by atoms with Crippen LogP contribution in [-0.4, -0.2) is 17.8 Å². The van der Waals surface area contributed by atoms with Crippen molar-refractivity contribution < 1.29 is 14.3 Å². The maximum Gasteiger partial charge on any atom is 0.331 e. The maximum atomic E-state index is 12.0. The van der Waals surface area contributed by atoms with Crippen LogP contribution in [0.15, 0.2) is 11.1 Å². The van der Waals surface area contributed by atoms with Crippen LogP contribution in [0.25, 0.3) is 0 Å². The maximum absolute atomic E-state index is 12.0. The first-order chi connectivity index (χ1) is 8.13. The molecular formula is C14H25FO2. The molecular weight excluding hydrogens is 219 g/mol. The van der Waals surface area contributed by atoms with Crippen molar-refractivity contribution in [1.29, 1.82) is 0 Å². The third-order valence-electron chi connectivity index (χ3n) is 3.05. The van der Waals surface area contributed by atoms with E-state index < -0.39 is 5.97 Å². The SMILES string of the molecule is CCCCCCC(CCCCF)=C(C)C(=O)O. The highest BCUT2D eigenvalue weighted by atomic mass is 19.1. The van der Waals surface area contributed by atoms with E-state index in [0.717, 1.165) is 37.7 Å². The van der Waals surface area contributed by atoms with Crippen molar-refractivity contribution in [2.24, 2.45) is 0 Å². The Morgan fingerprint density at radius 1 is 1.06 bits per heavy atom. The third-order valence-corrected chi connectivity index (χ3v) is 3.05. The van der Waals surface area contributed by atoms with Crippen molar-refractivity contribution in [3.63, 3.8) is 0 Å². The molecule has 0 radical (unpaired) electrons. The van der Waals surface area contributed by atoms with Gasteiger partial charge in [0.15, 0.2) is 0 Å². The van der Waals surface area contributed by atoms with Crippen molar-refractivity contribution in [3.8, 4) is 0 Å². The number of carboxylic acid groups (broad SMARTS) is 1. The average molecular weight is 244 g/mol. The zero-order valence-electron chi connectivity index (χ0n) is 11.1. The number of rotatable bonds is 10. The second-order valence-electron chi connectivity index (χ2n) is 4.49. The molecule has 0 bridgehead atoms. The molecule has 0 aromatic rings. The van der Waals surface area contributed by atoms with Crippen LogP contribution in [0.2, 0.25) is 0 Å². The van der Waals surface area contributed by atoms with Gasteiger partial charge >= 0.3 is 5.97 Å². The molecule has 0 spiro atoms. The van der Waals surface area contributed by atoms with E-state index in [2.05, 4.69) is 6.92 Å². The summed E-state index contributed by atoms with van der Waals surface area (Å²) in [6, 6.07) is 0. The smallest absolute Gasteiger partial charge is 0.331 e. The summed E-state index contributed by atoms with van der Waals surface area (Å²) in [5.74, 6) is -0.837. The van der Waals surface area contributed by atoms with Gasteiger partial charge in [-0.3, -0.25) is 4.39 Å². The molecule has 2 nitrogen and oxygen atoms in total. The van der Waals surface area contributed by atoms with Crippen molar-refractivity contribution in [2.45, 2.75) is 65.2 Å². The molecule has 0 heterocycles. The summed E-state index contributed by atoms with van der Waals surface area (Å²) in [6.45, 7) is 3.50. The van der Waals surface area contributed by atoms with Crippen LogP contribution < -0.4 is 0 Å². The lowest BCUT2D eigenvalue weighted by Crippen LogP contribution is -2.02. The van der Waals surface area contributed by atoms with E-state index in [1.807, 2.05) is 0 Å². The number of hydrogen-bond donors (Lipinski definition) is 1. The van der Waals surface area contributed by atoms with Gasteiger partial charge in [-0.05, 0) is 39.0 Å². The van der Waals surface area contributed by atoms with Gasteiger partial charge < -0.3 is 5.11 Å². The molecule has 0 aliphatic carbocycles. The summed E-state index contributed by atoms with van der Waals surface area (Å²) < 4.78 is 12.0. The van der Waals surface area contributed by atoms with E-state index in [1.54, 1.807) is 6.92 Å². The molecule has 0 aliphatic rings. The lowest BCUT2D eigenvalue weighted by Gasteiger charge is -2.09. The van der Waals surface area contributed by atoms with Gasteiger partial charge in [0, 0.05) is 5.57 Å². The molecule has 0 saturated heterocycles. The highest BCUT2D eigenvalue weighted by Crippen LogP contribution is 2.20. The summed E-state index contributed by atoms with van der Waals surface area (Å²) in [5.41, 5.74) is 1.46. The quantitative estimate of drug-likeness (QED) is 0.454. The minimum Gasteiger partial charge on any atom is -0.478 e. The van der Waals surface area contributed by atoms with Gasteiger partial charge in [-0.25, -0.2) is 4.79 Å². The highest BCUT2D eigenvalue weighted by molar-refractivity contribution is 5.86. The van der Waals surface area contributed by atoms with Crippen molar-refractivity contribution in [2.75, 3.05) is 6.67 Å². The second kappa shape index (κ2) is 10.3. The second-order valence-corrected chi connectivity index (χ2v) is 4.49. The van der Waals surface area contributed by atoms with Gasteiger partial charge in [0.25, 0.3) is 0 Å². The fourth-order valence-corrected chi connectivity index (χ4v) is 1.85. The molecule has 100 valence electrons. The first-order valence-electron chi connectivity index (χ1n) is 6.61. The molecule has 0 amide bonds. The summed E-state index contributed by atoms with van der Waals surface area (Å²) in [5, 5.41) is 8.98. The Labute approximate surface area is 104 Å². The molecule has 0 aromatic heterocycles. The summed E-state index contributed by atoms with van der Waals surface area (Å²) >= 11 is 0. The van der Waals surface area contributed by atoms with Gasteiger partial charge in [0.2, 0.25) is 0 Å². The minimum atomic E-state index is -0.837. The lowest BCUT2D eigenvalue weighted by molar-refractivity contribution is -0.132. The number of carbonyl (C=O) groups is 1. The molecule has 17 heavy (non-hydrogen) atoms. The molecule has 0 unspecified atom stereocenters. The fourth-order valence-electron chi connectivity index (χ4n) is 1.85. The molecule has 0 aromatic carbocycles. The van der Waals surface area contributed by atoms with E-state index in [-0.39, 0.29) is 6.67 Å². The summed E-state index contributed by atoms with van der Waals surface area (Å²) in [7, 11) is 0. The van der Waals surface area contributed by atoms with Crippen LogP contribution in [0, 0.1) is 0 Å². The number of halogens is 1. The predicted octanol–water partition coefficient (Wildman–Crippen LogP) is 4.50. The molecule has 0 fully saturated rings. The van der Waals surface area contributed by atoms with Gasteiger partial charge in [-0.1, -0.05) is 31.8 Å².